The number of methoxy groups -OCH3 is 1. The number of carbonyl (C=O) groups is 1. The molecule has 0 saturated carbocycles. The molecule has 0 aliphatic carbocycles. The average molecular weight is 223 g/mol. The third-order valence-corrected chi connectivity index (χ3v) is 2.26. The monoisotopic (exact) mass is 223 g/mol. The molecule has 4 heteroatoms. The Bertz CT molecular complexity index is 377. The van der Waals surface area contributed by atoms with Gasteiger partial charge >= 0.3 is 5.97 Å². The predicted molar refractivity (Wildman–Crippen MR) is 61.3 cm³/mol. The maximum Gasteiger partial charge on any atom is 0.327 e. The van der Waals surface area contributed by atoms with Gasteiger partial charge in [0, 0.05) is 5.56 Å². The van der Waals surface area contributed by atoms with Crippen molar-refractivity contribution in [3.8, 4) is 5.75 Å². The molecule has 1 aromatic carbocycles. The predicted octanol–water partition coefficient (Wildman–Crippen LogP) is 1.57. The lowest BCUT2D eigenvalue weighted by atomic mass is 10.0. The van der Waals surface area contributed by atoms with E-state index in [1.165, 1.54) is 0 Å². The van der Waals surface area contributed by atoms with Crippen LogP contribution in [0.15, 0.2) is 18.2 Å². The number of aryl methyl sites for hydroxylation is 1. The molecule has 16 heavy (non-hydrogen) atoms. The molecule has 0 saturated heterocycles. The zero-order chi connectivity index (χ0) is 12.1. The lowest BCUT2D eigenvalue weighted by Crippen LogP contribution is -2.24. The summed E-state index contributed by atoms with van der Waals surface area (Å²) in [5.74, 6) is 0.164. The van der Waals surface area contributed by atoms with Crippen LogP contribution in [0.5, 0.6) is 5.75 Å². The third-order valence-electron chi connectivity index (χ3n) is 2.26. The molecule has 0 aromatic heterocycles. The lowest BCUT2D eigenvalue weighted by Gasteiger charge is -2.15. The highest BCUT2D eigenvalue weighted by molar-refractivity contribution is 5.78. The minimum atomic E-state index is -0.796. The average Bonchev–Trinajstić information content (AvgIpc) is 2.28. The van der Waals surface area contributed by atoms with Crippen molar-refractivity contribution in [2.45, 2.75) is 19.9 Å². The fourth-order valence-electron chi connectivity index (χ4n) is 1.46. The van der Waals surface area contributed by atoms with Crippen LogP contribution in [-0.2, 0) is 9.53 Å². The van der Waals surface area contributed by atoms with Crippen LogP contribution in [0.3, 0.4) is 0 Å². The van der Waals surface area contributed by atoms with E-state index in [1.54, 1.807) is 20.1 Å². The summed E-state index contributed by atoms with van der Waals surface area (Å²) in [4.78, 5) is 11.5. The van der Waals surface area contributed by atoms with Crippen LogP contribution in [0.2, 0.25) is 0 Å². The van der Waals surface area contributed by atoms with Crippen molar-refractivity contribution in [3.63, 3.8) is 0 Å². The van der Waals surface area contributed by atoms with Crippen molar-refractivity contribution in [1.29, 1.82) is 0 Å². The fourth-order valence-corrected chi connectivity index (χ4v) is 1.46. The molecule has 1 aromatic rings. The molecule has 0 aliphatic rings. The highest BCUT2D eigenvalue weighted by Gasteiger charge is 2.20. The van der Waals surface area contributed by atoms with E-state index in [9.17, 15) is 4.79 Å². The Morgan fingerprint density at radius 2 is 2.19 bits per heavy atom. The van der Waals surface area contributed by atoms with E-state index in [0.29, 0.717) is 17.9 Å². The van der Waals surface area contributed by atoms with Crippen molar-refractivity contribution in [1.82, 2.24) is 0 Å². The second-order valence-corrected chi connectivity index (χ2v) is 3.48. The lowest BCUT2D eigenvalue weighted by molar-refractivity contribution is -0.144. The number of ether oxygens (including phenoxy) is 2. The standard InChI is InChI=1S/C12H17NO3/c1-4-16-12(14)11(13)9-7-8(2)5-6-10(9)15-3/h5-7,11H,4,13H2,1-3H3. The van der Waals surface area contributed by atoms with E-state index in [-0.39, 0.29) is 0 Å². The van der Waals surface area contributed by atoms with Crippen molar-refractivity contribution in [3.05, 3.63) is 29.3 Å². The van der Waals surface area contributed by atoms with E-state index in [1.807, 2.05) is 19.1 Å². The van der Waals surface area contributed by atoms with Gasteiger partial charge in [0.05, 0.1) is 13.7 Å². The van der Waals surface area contributed by atoms with E-state index < -0.39 is 12.0 Å². The summed E-state index contributed by atoms with van der Waals surface area (Å²) in [6, 6.07) is 4.74. The summed E-state index contributed by atoms with van der Waals surface area (Å²) in [5, 5.41) is 0. The largest absolute Gasteiger partial charge is 0.496 e. The molecule has 2 N–H and O–H groups in total. The summed E-state index contributed by atoms with van der Waals surface area (Å²) in [6.45, 7) is 4.00. The number of esters is 1. The zero-order valence-corrected chi connectivity index (χ0v) is 9.82. The molecule has 0 fully saturated rings. The van der Waals surface area contributed by atoms with Gasteiger partial charge in [0.2, 0.25) is 0 Å². The maximum atomic E-state index is 11.5. The van der Waals surface area contributed by atoms with Gasteiger partial charge in [0.1, 0.15) is 11.8 Å². The SMILES string of the molecule is CCOC(=O)C(N)c1cc(C)ccc1OC. The Balaban J connectivity index is 3.01. The number of nitrogens with two attached hydrogens (primary N) is 1. The maximum absolute atomic E-state index is 11.5. The second-order valence-electron chi connectivity index (χ2n) is 3.48. The molecule has 0 heterocycles. The molecule has 1 unspecified atom stereocenters. The molecule has 0 spiro atoms. The summed E-state index contributed by atoms with van der Waals surface area (Å²) in [7, 11) is 1.55. The van der Waals surface area contributed by atoms with Crippen LogP contribution in [0.1, 0.15) is 24.1 Å². The normalized spacial score (nSPS) is 12.0. The highest BCUT2D eigenvalue weighted by atomic mass is 16.5. The van der Waals surface area contributed by atoms with Crippen LogP contribution in [0.25, 0.3) is 0 Å². The van der Waals surface area contributed by atoms with Crippen LogP contribution in [-0.4, -0.2) is 19.7 Å². The molecule has 88 valence electrons. The van der Waals surface area contributed by atoms with Crippen LogP contribution in [0, 0.1) is 6.92 Å². The summed E-state index contributed by atoms with van der Waals surface area (Å²) >= 11 is 0. The molecular weight excluding hydrogens is 206 g/mol. The second kappa shape index (κ2) is 5.51. The Morgan fingerprint density at radius 3 is 2.75 bits per heavy atom. The first kappa shape index (κ1) is 12.5. The number of rotatable bonds is 4. The van der Waals surface area contributed by atoms with Crippen LogP contribution in [0.4, 0.5) is 0 Å². The molecule has 4 nitrogen and oxygen atoms in total. The topological polar surface area (TPSA) is 61.5 Å². The van der Waals surface area contributed by atoms with E-state index in [2.05, 4.69) is 0 Å². The Hall–Kier alpha value is -1.55. The number of hydrogen-bond acceptors (Lipinski definition) is 4. The minimum absolute atomic E-state index is 0.320. The van der Waals surface area contributed by atoms with Gasteiger partial charge in [-0.25, -0.2) is 4.79 Å². The number of carbonyl (C=O) groups excluding carboxylic acids is 1. The van der Waals surface area contributed by atoms with Crippen molar-refractivity contribution < 1.29 is 14.3 Å². The van der Waals surface area contributed by atoms with Gasteiger partial charge in [-0.3, -0.25) is 0 Å². The Kier molecular flexibility index (Phi) is 4.31. The zero-order valence-electron chi connectivity index (χ0n) is 9.82. The van der Waals surface area contributed by atoms with Crippen molar-refractivity contribution >= 4 is 5.97 Å². The highest BCUT2D eigenvalue weighted by Crippen LogP contribution is 2.25. The summed E-state index contributed by atoms with van der Waals surface area (Å²) < 4.78 is 10.0. The Morgan fingerprint density at radius 1 is 1.50 bits per heavy atom. The summed E-state index contributed by atoms with van der Waals surface area (Å²) in [5.41, 5.74) is 7.49. The minimum Gasteiger partial charge on any atom is -0.496 e. The van der Waals surface area contributed by atoms with Gasteiger partial charge in [-0.15, -0.1) is 0 Å². The molecule has 0 bridgehead atoms. The van der Waals surface area contributed by atoms with E-state index in [0.717, 1.165) is 5.56 Å². The smallest absolute Gasteiger partial charge is 0.327 e. The van der Waals surface area contributed by atoms with Gasteiger partial charge < -0.3 is 15.2 Å². The van der Waals surface area contributed by atoms with Crippen molar-refractivity contribution in [2.24, 2.45) is 5.73 Å². The number of hydrogen-bond donors (Lipinski definition) is 1. The van der Waals surface area contributed by atoms with E-state index in [4.69, 9.17) is 15.2 Å². The number of benzene rings is 1. The molecular formula is C12H17NO3. The molecule has 1 rings (SSSR count). The summed E-state index contributed by atoms with van der Waals surface area (Å²) in [6.07, 6.45) is 0. The Labute approximate surface area is 95.3 Å². The first-order valence-corrected chi connectivity index (χ1v) is 5.17. The van der Waals surface area contributed by atoms with E-state index >= 15 is 0 Å². The van der Waals surface area contributed by atoms with Gasteiger partial charge in [-0.05, 0) is 19.9 Å². The molecule has 0 radical (unpaired) electrons. The molecule has 0 aliphatic heterocycles. The van der Waals surface area contributed by atoms with Gasteiger partial charge in [-0.2, -0.15) is 0 Å². The van der Waals surface area contributed by atoms with Crippen LogP contribution >= 0.6 is 0 Å². The molecule has 0 amide bonds. The first-order valence-electron chi connectivity index (χ1n) is 5.17. The molecule has 1 atom stereocenters. The quantitative estimate of drug-likeness (QED) is 0.787. The fraction of sp³-hybridized carbons (Fsp3) is 0.417. The third kappa shape index (κ3) is 2.73. The van der Waals surface area contributed by atoms with Gasteiger partial charge in [0.15, 0.2) is 0 Å². The van der Waals surface area contributed by atoms with Gasteiger partial charge in [0.25, 0.3) is 0 Å². The van der Waals surface area contributed by atoms with Crippen molar-refractivity contribution in [2.75, 3.05) is 13.7 Å². The first-order chi connectivity index (χ1) is 7.60. The van der Waals surface area contributed by atoms with Gasteiger partial charge in [-0.1, -0.05) is 17.7 Å². The van der Waals surface area contributed by atoms with Crippen LogP contribution < -0.4 is 10.5 Å².